The molecule has 0 amide bonds. The molecule has 0 aromatic heterocycles. The number of nitrogens with zero attached hydrogens (tertiary/aromatic N) is 1. The number of hydrogen-bond donors (Lipinski definition) is 1. The maximum atomic E-state index is 11.2. The Morgan fingerprint density at radius 2 is 1.88 bits per heavy atom. The number of phosphoric acid groups is 1. The smallest absolute Gasteiger partial charge is 0.438 e. The third-order valence-corrected chi connectivity index (χ3v) is 2.44. The number of ether oxygens (including phenoxy) is 1. The number of quaternary nitrogens is 1. The summed E-state index contributed by atoms with van der Waals surface area (Å²) in [6.07, 6.45) is 0. The Hall–Kier alpha value is -0.460. The molecule has 0 radical (unpaired) electrons. The van der Waals surface area contributed by atoms with Crippen LogP contribution in [0, 0.1) is 0 Å². The van der Waals surface area contributed by atoms with E-state index in [0.717, 1.165) is 0 Å². The summed E-state index contributed by atoms with van der Waals surface area (Å²) in [6.45, 7) is 1.22. The van der Waals surface area contributed by atoms with Gasteiger partial charge in [0.15, 0.2) is 0 Å². The molecule has 0 aliphatic rings. The van der Waals surface area contributed by atoms with Crippen LogP contribution in [0.25, 0.3) is 0 Å². The molecule has 96 valence electrons. The lowest BCUT2D eigenvalue weighted by Gasteiger charge is -2.23. The molecule has 0 spiro atoms. The minimum Gasteiger partial charge on any atom is -0.438 e. The highest BCUT2D eigenvalue weighted by molar-refractivity contribution is 7.47. The van der Waals surface area contributed by atoms with Gasteiger partial charge in [-0.2, -0.15) is 0 Å². The van der Waals surface area contributed by atoms with Gasteiger partial charge in [-0.05, 0) is 0 Å². The van der Waals surface area contributed by atoms with Gasteiger partial charge in [0.25, 0.3) is 0 Å². The van der Waals surface area contributed by atoms with Gasteiger partial charge >= 0.3 is 13.8 Å². The highest BCUT2D eigenvalue weighted by atomic mass is 31.2. The number of carbonyl (C=O) groups is 1. The van der Waals surface area contributed by atoms with Gasteiger partial charge in [-0.15, -0.1) is 0 Å². The van der Waals surface area contributed by atoms with Gasteiger partial charge < -0.3 is 14.1 Å². The average molecular weight is 256 g/mol. The second kappa shape index (κ2) is 6.32. The first-order valence-corrected chi connectivity index (χ1v) is 6.18. The highest BCUT2D eigenvalue weighted by Crippen LogP contribution is 2.42. The average Bonchev–Trinajstić information content (AvgIpc) is 1.99. The zero-order chi connectivity index (χ0) is 12.8. The fraction of sp³-hybridized carbons (Fsp3) is 0.875. The van der Waals surface area contributed by atoms with Crippen LogP contribution in [0.15, 0.2) is 0 Å². The summed E-state index contributed by atoms with van der Waals surface area (Å²) in [4.78, 5) is 19.5. The summed E-state index contributed by atoms with van der Waals surface area (Å²) in [5.41, 5.74) is 0. The van der Waals surface area contributed by atoms with Gasteiger partial charge in [0.05, 0.1) is 21.1 Å². The molecule has 16 heavy (non-hydrogen) atoms. The van der Waals surface area contributed by atoms with Crippen LogP contribution in [0.1, 0.15) is 6.92 Å². The first-order chi connectivity index (χ1) is 7.12. The largest absolute Gasteiger partial charge is 0.475 e. The van der Waals surface area contributed by atoms with Crippen molar-refractivity contribution < 1.29 is 32.5 Å². The Morgan fingerprint density at radius 1 is 1.31 bits per heavy atom. The van der Waals surface area contributed by atoms with E-state index in [1.807, 2.05) is 21.1 Å². The maximum Gasteiger partial charge on any atom is 0.475 e. The minimum atomic E-state index is -4.12. The normalized spacial score (nSPS) is 15.6. The van der Waals surface area contributed by atoms with Crippen molar-refractivity contribution in [1.82, 2.24) is 0 Å². The fourth-order valence-corrected chi connectivity index (χ4v) is 1.22. The molecular formula is C8H19NO6P+. The van der Waals surface area contributed by atoms with E-state index in [1.165, 1.54) is 6.92 Å². The van der Waals surface area contributed by atoms with Crippen molar-refractivity contribution in [3.05, 3.63) is 0 Å². The minimum absolute atomic E-state index is 0.0807. The van der Waals surface area contributed by atoms with E-state index in [2.05, 4.69) is 13.8 Å². The number of rotatable bonds is 7. The Morgan fingerprint density at radius 3 is 2.31 bits per heavy atom. The van der Waals surface area contributed by atoms with Crippen molar-refractivity contribution >= 4 is 13.8 Å². The molecule has 0 aliphatic carbocycles. The first-order valence-electron chi connectivity index (χ1n) is 4.68. The van der Waals surface area contributed by atoms with E-state index in [9.17, 15) is 9.36 Å². The SMILES string of the molecule is CC(=O)OCOP(=O)(O)OCC[N+](C)(C)C. The van der Waals surface area contributed by atoms with Crippen LogP contribution < -0.4 is 0 Å². The summed E-state index contributed by atoms with van der Waals surface area (Å²) in [5, 5.41) is 0. The molecule has 7 nitrogen and oxygen atoms in total. The van der Waals surface area contributed by atoms with Crippen molar-refractivity contribution in [2.75, 3.05) is 41.1 Å². The predicted octanol–water partition coefficient (Wildman–Crippen LogP) is 0.347. The van der Waals surface area contributed by atoms with Crippen LogP contribution in [-0.2, 0) is 23.1 Å². The molecule has 0 rings (SSSR count). The first kappa shape index (κ1) is 15.5. The third-order valence-electron chi connectivity index (χ3n) is 1.49. The number of hydrogen-bond acceptors (Lipinski definition) is 5. The molecule has 0 aromatic carbocycles. The second-order valence-electron chi connectivity index (χ2n) is 4.20. The van der Waals surface area contributed by atoms with Crippen molar-refractivity contribution in [3.8, 4) is 0 Å². The van der Waals surface area contributed by atoms with E-state index < -0.39 is 20.6 Å². The topological polar surface area (TPSA) is 82.1 Å². The summed E-state index contributed by atoms with van der Waals surface area (Å²) in [5.74, 6) is -0.591. The summed E-state index contributed by atoms with van der Waals surface area (Å²) in [6, 6.07) is 0. The van der Waals surface area contributed by atoms with E-state index in [0.29, 0.717) is 11.0 Å². The number of phosphoric ester groups is 1. The van der Waals surface area contributed by atoms with Gasteiger partial charge in [-0.3, -0.25) is 9.32 Å². The van der Waals surface area contributed by atoms with Crippen LogP contribution in [0.4, 0.5) is 0 Å². The molecule has 0 saturated heterocycles. The monoisotopic (exact) mass is 256 g/mol. The standard InChI is InChI=1S/C8H18NO6P/c1-8(10)13-7-15-16(11,12)14-6-5-9(2,3)4/h5-7H2,1-4H3/p+1. The Bertz CT molecular complexity index is 274. The van der Waals surface area contributed by atoms with Gasteiger partial charge in [0, 0.05) is 6.92 Å². The van der Waals surface area contributed by atoms with Crippen molar-refractivity contribution in [2.45, 2.75) is 6.92 Å². The Labute approximate surface area is 95.1 Å². The molecule has 0 aromatic rings. The van der Waals surface area contributed by atoms with Gasteiger partial charge in [-0.25, -0.2) is 9.09 Å². The van der Waals surface area contributed by atoms with Crippen LogP contribution in [0.5, 0.6) is 0 Å². The van der Waals surface area contributed by atoms with Crippen LogP contribution >= 0.6 is 7.82 Å². The predicted molar refractivity (Wildman–Crippen MR) is 56.4 cm³/mol. The molecule has 1 N–H and O–H groups in total. The maximum absolute atomic E-state index is 11.2. The Kier molecular flexibility index (Phi) is 6.14. The molecule has 0 saturated carbocycles. The third kappa shape index (κ3) is 10.1. The van der Waals surface area contributed by atoms with Crippen molar-refractivity contribution in [2.24, 2.45) is 0 Å². The van der Waals surface area contributed by atoms with Crippen LogP contribution in [0.2, 0.25) is 0 Å². The molecule has 8 heteroatoms. The molecule has 0 aliphatic heterocycles. The van der Waals surface area contributed by atoms with Gasteiger partial charge in [0.2, 0.25) is 6.79 Å². The summed E-state index contributed by atoms with van der Waals surface area (Å²) in [7, 11) is 1.64. The molecule has 1 unspecified atom stereocenters. The second-order valence-corrected chi connectivity index (χ2v) is 5.65. The van der Waals surface area contributed by atoms with E-state index in [-0.39, 0.29) is 6.61 Å². The van der Waals surface area contributed by atoms with Gasteiger partial charge in [-0.1, -0.05) is 0 Å². The lowest BCUT2D eigenvalue weighted by molar-refractivity contribution is -0.870. The Balaban J connectivity index is 3.79. The number of likely N-dealkylation sites (N-methyl/N-ethyl adjacent to an activating group) is 1. The van der Waals surface area contributed by atoms with Gasteiger partial charge in [0.1, 0.15) is 13.2 Å². The van der Waals surface area contributed by atoms with Crippen molar-refractivity contribution in [1.29, 1.82) is 0 Å². The lowest BCUT2D eigenvalue weighted by Crippen LogP contribution is -2.37. The number of carbonyl (C=O) groups excluding carboxylic acids is 1. The highest BCUT2D eigenvalue weighted by Gasteiger charge is 2.22. The van der Waals surface area contributed by atoms with E-state index in [4.69, 9.17) is 4.89 Å². The number of esters is 1. The summed E-state index contributed by atoms with van der Waals surface area (Å²) < 4.78 is 25.2. The fourth-order valence-electron chi connectivity index (χ4n) is 0.643. The quantitative estimate of drug-likeness (QED) is 0.306. The summed E-state index contributed by atoms with van der Waals surface area (Å²) >= 11 is 0. The lowest BCUT2D eigenvalue weighted by atomic mass is 10.5. The molecule has 0 fully saturated rings. The van der Waals surface area contributed by atoms with Crippen molar-refractivity contribution in [3.63, 3.8) is 0 Å². The van der Waals surface area contributed by atoms with E-state index >= 15 is 0 Å². The molecule has 0 bridgehead atoms. The van der Waals surface area contributed by atoms with Crippen LogP contribution in [-0.4, -0.2) is 56.4 Å². The molecular weight excluding hydrogens is 237 g/mol. The zero-order valence-corrected chi connectivity index (χ0v) is 10.9. The zero-order valence-electron chi connectivity index (χ0n) is 10.0. The molecule has 1 atom stereocenters. The molecule has 0 heterocycles. The van der Waals surface area contributed by atoms with E-state index in [1.54, 1.807) is 0 Å². The van der Waals surface area contributed by atoms with Crippen LogP contribution in [0.3, 0.4) is 0 Å².